The predicted molar refractivity (Wildman–Crippen MR) is 200 cm³/mol. The molecular formula is C45H25N5. The first-order valence-electron chi connectivity index (χ1n) is 16.3. The van der Waals surface area contributed by atoms with E-state index in [1.807, 2.05) is 60.7 Å². The summed E-state index contributed by atoms with van der Waals surface area (Å²) in [6.45, 7) is 0. The summed E-state index contributed by atoms with van der Waals surface area (Å²) in [5, 5.41) is 34.8. The van der Waals surface area contributed by atoms with Crippen LogP contribution in [0, 0.1) is 34.0 Å². The molecular weight excluding hydrogens is 611 g/mol. The maximum Gasteiger partial charge on any atom is 0.101 e. The monoisotopic (exact) mass is 635 g/mol. The molecule has 7 aromatic carbocycles. The molecule has 9 rings (SSSR count). The number of aromatic nitrogens is 2. The van der Waals surface area contributed by atoms with Gasteiger partial charge in [0.25, 0.3) is 0 Å². The molecule has 5 nitrogen and oxygen atoms in total. The molecule has 9 aromatic rings. The molecule has 230 valence electrons. The molecule has 0 radical (unpaired) electrons. The van der Waals surface area contributed by atoms with Crippen LogP contribution >= 0.6 is 0 Å². The summed E-state index contributed by atoms with van der Waals surface area (Å²) >= 11 is 0. The molecule has 0 saturated heterocycles. The standard InChI is InChI=1S/C45H25N5/c46-26-29-20-23-44-38(24-29)36-15-4-5-16-40(36)49(44)32-11-9-10-30(25-32)45-37(22-21-31(27-47)39(45)28-48)35-14-3-8-19-43(35)50-41-17-6-1-12-33(41)34-13-2-7-18-42(34)50/h1-25H. The normalized spacial score (nSPS) is 11.1. The lowest BCUT2D eigenvalue weighted by atomic mass is 9.87. The van der Waals surface area contributed by atoms with Crippen LogP contribution in [0.25, 0.3) is 77.2 Å². The summed E-state index contributed by atoms with van der Waals surface area (Å²) in [5.74, 6) is 0. The highest BCUT2D eigenvalue weighted by Crippen LogP contribution is 2.42. The predicted octanol–water partition coefficient (Wildman–Crippen LogP) is 10.8. The lowest BCUT2D eigenvalue weighted by Crippen LogP contribution is -2.01. The topological polar surface area (TPSA) is 81.2 Å². The molecule has 0 amide bonds. The van der Waals surface area contributed by atoms with Gasteiger partial charge < -0.3 is 9.13 Å². The van der Waals surface area contributed by atoms with Crippen LogP contribution in [-0.2, 0) is 0 Å². The van der Waals surface area contributed by atoms with Gasteiger partial charge >= 0.3 is 0 Å². The highest BCUT2D eigenvalue weighted by Gasteiger charge is 2.22. The maximum atomic E-state index is 10.6. The van der Waals surface area contributed by atoms with Crippen molar-refractivity contribution in [1.29, 1.82) is 15.8 Å². The van der Waals surface area contributed by atoms with E-state index >= 15 is 0 Å². The Labute approximate surface area is 287 Å². The second kappa shape index (κ2) is 11.4. The van der Waals surface area contributed by atoms with E-state index in [4.69, 9.17) is 0 Å². The van der Waals surface area contributed by atoms with Gasteiger partial charge in [-0.1, -0.05) is 91.0 Å². The number of rotatable bonds is 4. The highest BCUT2D eigenvalue weighted by molar-refractivity contribution is 6.11. The molecule has 2 aromatic heterocycles. The zero-order valence-corrected chi connectivity index (χ0v) is 26.7. The SMILES string of the molecule is N#Cc1ccc2c(c1)c1ccccc1n2-c1cccc(-c2c(-c3ccccc3-n3c4ccccc4c4ccccc43)ccc(C#N)c2C#N)c1. The van der Waals surface area contributed by atoms with Crippen LogP contribution in [0.4, 0.5) is 0 Å². The first-order chi connectivity index (χ1) is 24.7. The van der Waals surface area contributed by atoms with Crippen molar-refractivity contribution in [1.82, 2.24) is 9.13 Å². The minimum absolute atomic E-state index is 0.326. The minimum Gasteiger partial charge on any atom is -0.309 e. The van der Waals surface area contributed by atoms with Crippen LogP contribution in [0.2, 0.25) is 0 Å². The van der Waals surface area contributed by atoms with E-state index in [2.05, 4.69) is 112 Å². The number of benzene rings is 7. The van der Waals surface area contributed by atoms with Crippen molar-refractivity contribution in [2.24, 2.45) is 0 Å². The van der Waals surface area contributed by atoms with E-state index in [0.29, 0.717) is 22.3 Å². The van der Waals surface area contributed by atoms with E-state index in [1.54, 1.807) is 6.07 Å². The van der Waals surface area contributed by atoms with Gasteiger partial charge in [0.2, 0.25) is 0 Å². The lowest BCUT2D eigenvalue weighted by Gasteiger charge is -2.19. The fraction of sp³-hybridized carbons (Fsp3) is 0. The molecule has 0 aliphatic heterocycles. The Kier molecular flexibility index (Phi) is 6.56. The number of fused-ring (bicyclic) bond motifs is 6. The minimum atomic E-state index is 0.326. The first-order valence-corrected chi connectivity index (χ1v) is 16.3. The molecule has 0 spiro atoms. The zero-order valence-electron chi connectivity index (χ0n) is 26.7. The first kappa shape index (κ1) is 28.8. The Morgan fingerprint density at radius 1 is 0.420 bits per heavy atom. The second-order valence-corrected chi connectivity index (χ2v) is 12.3. The van der Waals surface area contributed by atoms with E-state index < -0.39 is 0 Å². The number of nitriles is 3. The molecule has 5 heteroatoms. The van der Waals surface area contributed by atoms with Gasteiger partial charge in [-0.3, -0.25) is 0 Å². The van der Waals surface area contributed by atoms with E-state index in [1.165, 1.54) is 0 Å². The van der Waals surface area contributed by atoms with Crippen LogP contribution in [-0.4, -0.2) is 9.13 Å². The quantitative estimate of drug-likeness (QED) is 0.193. The van der Waals surface area contributed by atoms with Gasteiger partial charge in [-0.05, 0) is 71.8 Å². The average molecular weight is 636 g/mol. The van der Waals surface area contributed by atoms with Crippen LogP contribution in [0.15, 0.2) is 152 Å². The summed E-state index contributed by atoms with van der Waals surface area (Å²) in [6, 6.07) is 57.9. The van der Waals surface area contributed by atoms with Crippen molar-refractivity contribution in [2.75, 3.05) is 0 Å². The van der Waals surface area contributed by atoms with Crippen molar-refractivity contribution in [2.45, 2.75) is 0 Å². The van der Waals surface area contributed by atoms with Crippen molar-refractivity contribution in [3.63, 3.8) is 0 Å². The third-order valence-electron chi connectivity index (χ3n) is 9.65. The number of para-hydroxylation sites is 4. The summed E-state index contributed by atoms with van der Waals surface area (Å²) in [6.07, 6.45) is 0. The highest BCUT2D eigenvalue weighted by atomic mass is 15.0. The van der Waals surface area contributed by atoms with Gasteiger partial charge in [-0.15, -0.1) is 0 Å². The molecule has 0 N–H and O–H groups in total. The molecule has 50 heavy (non-hydrogen) atoms. The lowest BCUT2D eigenvalue weighted by molar-refractivity contribution is 1.18. The molecule has 2 heterocycles. The van der Waals surface area contributed by atoms with Crippen LogP contribution in [0.5, 0.6) is 0 Å². The number of hydrogen-bond donors (Lipinski definition) is 0. The smallest absolute Gasteiger partial charge is 0.101 e. The third-order valence-corrected chi connectivity index (χ3v) is 9.65. The molecule has 0 unspecified atom stereocenters. The van der Waals surface area contributed by atoms with E-state index in [9.17, 15) is 15.8 Å². The number of nitrogens with zero attached hydrogens (tertiary/aromatic N) is 5. The summed E-state index contributed by atoms with van der Waals surface area (Å²) < 4.78 is 4.49. The Hall–Kier alpha value is -7.39. The molecule has 0 aliphatic rings. The van der Waals surface area contributed by atoms with Crippen molar-refractivity contribution < 1.29 is 0 Å². The third kappa shape index (κ3) is 4.24. The van der Waals surface area contributed by atoms with Crippen LogP contribution in [0.1, 0.15) is 16.7 Å². The fourth-order valence-corrected chi connectivity index (χ4v) is 7.54. The van der Waals surface area contributed by atoms with Crippen LogP contribution in [0.3, 0.4) is 0 Å². The Bertz CT molecular complexity index is 2920. The van der Waals surface area contributed by atoms with Gasteiger partial charge in [0.1, 0.15) is 12.1 Å². The van der Waals surface area contributed by atoms with E-state index in [-0.39, 0.29) is 0 Å². The van der Waals surface area contributed by atoms with Crippen molar-refractivity contribution in [3.05, 3.63) is 168 Å². The second-order valence-electron chi connectivity index (χ2n) is 12.3. The maximum absolute atomic E-state index is 10.6. The zero-order chi connectivity index (χ0) is 33.8. The van der Waals surface area contributed by atoms with Gasteiger partial charge in [-0.2, -0.15) is 15.8 Å². The fourth-order valence-electron chi connectivity index (χ4n) is 7.54. The molecule has 0 saturated carbocycles. The van der Waals surface area contributed by atoms with Gasteiger partial charge in [0, 0.05) is 38.4 Å². The Morgan fingerprint density at radius 3 is 1.72 bits per heavy atom. The van der Waals surface area contributed by atoms with Gasteiger partial charge in [-0.25, -0.2) is 0 Å². The number of hydrogen-bond acceptors (Lipinski definition) is 3. The molecule has 0 fully saturated rings. The summed E-state index contributed by atoms with van der Waals surface area (Å²) in [5.41, 5.74) is 10.6. The van der Waals surface area contributed by atoms with Crippen LogP contribution < -0.4 is 0 Å². The Balaban J connectivity index is 1.33. The van der Waals surface area contributed by atoms with Crippen molar-refractivity contribution in [3.8, 4) is 51.8 Å². The van der Waals surface area contributed by atoms with E-state index in [0.717, 1.165) is 71.7 Å². The largest absolute Gasteiger partial charge is 0.309 e. The van der Waals surface area contributed by atoms with Gasteiger partial charge in [0.15, 0.2) is 0 Å². The van der Waals surface area contributed by atoms with Gasteiger partial charge in [0.05, 0.1) is 50.5 Å². The summed E-state index contributed by atoms with van der Waals surface area (Å²) in [4.78, 5) is 0. The summed E-state index contributed by atoms with van der Waals surface area (Å²) in [7, 11) is 0. The molecule has 0 atom stereocenters. The average Bonchev–Trinajstić information content (AvgIpc) is 3.70. The molecule has 0 bridgehead atoms. The van der Waals surface area contributed by atoms with Crippen molar-refractivity contribution >= 4 is 43.6 Å². The Morgan fingerprint density at radius 2 is 1.04 bits per heavy atom. The molecule has 0 aliphatic carbocycles.